The van der Waals surface area contributed by atoms with Gasteiger partial charge in [0, 0.05) is 6.54 Å². The number of alkyl carbamates (subject to hydrolysis) is 1. The Balaban J connectivity index is 2.36. The Morgan fingerprint density at radius 2 is 2.14 bits per heavy atom. The largest absolute Gasteiger partial charge is 0.444 e. The molecule has 1 aliphatic carbocycles. The molecular formula is C18H32INO2. The molecule has 0 radical (unpaired) electrons. The Bertz CT molecular complexity index is 387. The zero-order valence-electron chi connectivity index (χ0n) is 14.6. The maximum absolute atomic E-state index is 11.6. The third-order valence-electron chi connectivity index (χ3n) is 4.45. The molecule has 0 spiro atoms. The molecule has 0 saturated carbocycles. The summed E-state index contributed by atoms with van der Waals surface area (Å²) in [5, 5.41) is 2.86. The van der Waals surface area contributed by atoms with Crippen LogP contribution in [-0.2, 0) is 4.74 Å². The van der Waals surface area contributed by atoms with E-state index in [1.54, 1.807) is 5.57 Å². The van der Waals surface area contributed by atoms with Gasteiger partial charge in [-0.2, -0.15) is 0 Å². The number of allylic oxidation sites excluding steroid dienone is 2. The van der Waals surface area contributed by atoms with Gasteiger partial charge in [-0.05, 0) is 75.6 Å². The SMILES string of the molecule is CC[C@@]1(CCCI)CCC=C1CCCNC(=O)OC(C)(C)C. The zero-order chi connectivity index (χ0) is 16.6. The highest BCUT2D eigenvalue weighted by molar-refractivity contribution is 14.1. The van der Waals surface area contributed by atoms with E-state index in [9.17, 15) is 4.79 Å². The third-order valence-corrected chi connectivity index (χ3v) is 5.21. The normalized spacial score (nSPS) is 21.6. The van der Waals surface area contributed by atoms with Crippen molar-refractivity contribution in [3.63, 3.8) is 0 Å². The Hall–Kier alpha value is -0.260. The molecule has 0 aromatic rings. The van der Waals surface area contributed by atoms with Gasteiger partial charge in [-0.25, -0.2) is 4.79 Å². The highest BCUT2D eigenvalue weighted by Gasteiger charge is 2.34. The summed E-state index contributed by atoms with van der Waals surface area (Å²) < 4.78 is 6.50. The molecule has 0 heterocycles. The maximum atomic E-state index is 11.6. The molecule has 0 aliphatic heterocycles. The van der Waals surface area contributed by atoms with Crippen LogP contribution in [0.4, 0.5) is 4.79 Å². The lowest BCUT2D eigenvalue weighted by molar-refractivity contribution is 0.0527. The minimum absolute atomic E-state index is 0.306. The van der Waals surface area contributed by atoms with Gasteiger partial charge in [0.2, 0.25) is 0 Å². The van der Waals surface area contributed by atoms with E-state index in [4.69, 9.17) is 4.74 Å². The third kappa shape index (κ3) is 6.47. The van der Waals surface area contributed by atoms with Crippen LogP contribution in [0.3, 0.4) is 0 Å². The van der Waals surface area contributed by atoms with Crippen LogP contribution in [0, 0.1) is 5.41 Å². The highest BCUT2D eigenvalue weighted by Crippen LogP contribution is 2.47. The summed E-state index contributed by atoms with van der Waals surface area (Å²) in [6, 6.07) is 0. The highest BCUT2D eigenvalue weighted by atomic mass is 127. The fraction of sp³-hybridized carbons (Fsp3) is 0.833. The second-order valence-electron chi connectivity index (χ2n) is 7.23. The van der Waals surface area contributed by atoms with E-state index in [1.807, 2.05) is 20.8 Å². The Morgan fingerprint density at radius 1 is 1.41 bits per heavy atom. The number of carbonyl (C=O) groups is 1. The smallest absolute Gasteiger partial charge is 0.407 e. The Kier molecular flexibility index (Phi) is 8.22. The monoisotopic (exact) mass is 421 g/mol. The number of halogens is 1. The van der Waals surface area contributed by atoms with Crippen LogP contribution in [0.2, 0.25) is 0 Å². The summed E-state index contributed by atoms with van der Waals surface area (Å²) >= 11 is 2.48. The number of hydrogen-bond acceptors (Lipinski definition) is 2. The standard InChI is InChI=1S/C18H32INO2/c1-5-18(12-8-13-19)11-6-9-15(18)10-7-14-20-16(21)22-17(2,3)4/h9H,5-8,10-14H2,1-4H3,(H,20,21)/t18-/m0/s1. The second-order valence-corrected chi connectivity index (χ2v) is 8.31. The van der Waals surface area contributed by atoms with Gasteiger partial charge in [0.15, 0.2) is 0 Å². The number of carbonyl (C=O) groups excluding carboxylic acids is 1. The summed E-state index contributed by atoms with van der Waals surface area (Å²) in [5.74, 6) is 0. The minimum Gasteiger partial charge on any atom is -0.444 e. The van der Waals surface area contributed by atoms with E-state index in [2.05, 4.69) is 40.9 Å². The van der Waals surface area contributed by atoms with Crippen LogP contribution in [0.25, 0.3) is 0 Å². The maximum Gasteiger partial charge on any atom is 0.407 e. The summed E-state index contributed by atoms with van der Waals surface area (Å²) in [6.45, 7) is 8.68. The number of alkyl halides is 1. The van der Waals surface area contributed by atoms with E-state index < -0.39 is 5.60 Å². The summed E-state index contributed by atoms with van der Waals surface area (Å²) in [7, 11) is 0. The molecule has 1 atom stereocenters. The van der Waals surface area contributed by atoms with Crippen molar-refractivity contribution in [1.82, 2.24) is 5.32 Å². The fourth-order valence-corrected chi connectivity index (χ4v) is 3.70. The van der Waals surface area contributed by atoms with Crippen LogP contribution < -0.4 is 5.32 Å². The van der Waals surface area contributed by atoms with Gasteiger partial charge in [0.05, 0.1) is 0 Å². The van der Waals surface area contributed by atoms with Gasteiger partial charge in [0.1, 0.15) is 5.60 Å². The van der Waals surface area contributed by atoms with Gasteiger partial charge in [-0.15, -0.1) is 0 Å². The molecule has 0 fully saturated rings. The lowest BCUT2D eigenvalue weighted by Crippen LogP contribution is -2.33. The first-order valence-electron chi connectivity index (χ1n) is 8.55. The second kappa shape index (κ2) is 9.14. The fourth-order valence-electron chi connectivity index (χ4n) is 3.32. The molecule has 22 heavy (non-hydrogen) atoms. The van der Waals surface area contributed by atoms with Gasteiger partial charge in [-0.3, -0.25) is 0 Å². The van der Waals surface area contributed by atoms with Crippen LogP contribution >= 0.6 is 22.6 Å². The number of amides is 1. The summed E-state index contributed by atoms with van der Waals surface area (Å²) in [6.07, 6.45) is 10.7. The molecule has 0 aromatic heterocycles. The van der Waals surface area contributed by atoms with Gasteiger partial charge < -0.3 is 10.1 Å². The van der Waals surface area contributed by atoms with Crippen molar-refractivity contribution < 1.29 is 9.53 Å². The van der Waals surface area contributed by atoms with E-state index in [-0.39, 0.29) is 6.09 Å². The molecule has 1 amide bonds. The minimum atomic E-state index is -0.422. The van der Waals surface area contributed by atoms with Gasteiger partial charge in [-0.1, -0.05) is 41.2 Å². The first kappa shape index (κ1) is 19.8. The van der Waals surface area contributed by atoms with Crippen LogP contribution in [0.15, 0.2) is 11.6 Å². The van der Waals surface area contributed by atoms with Gasteiger partial charge in [0.25, 0.3) is 0 Å². The van der Waals surface area contributed by atoms with Crippen molar-refractivity contribution in [2.45, 2.75) is 78.2 Å². The molecule has 0 unspecified atom stereocenters. The first-order valence-corrected chi connectivity index (χ1v) is 10.1. The molecule has 1 N–H and O–H groups in total. The van der Waals surface area contributed by atoms with Crippen molar-refractivity contribution in [2.75, 3.05) is 11.0 Å². The lowest BCUT2D eigenvalue weighted by atomic mass is 9.73. The number of rotatable bonds is 8. The molecule has 1 rings (SSSR count). The molecule has 4 heteroatoms. The van der Waals surface area contributed by atoms with Crippen LogP contribution in [0.5, 0.6) is 0 Å². The van der Waals surface area contributed by atoms with Crippen LogP contribution in [0.1, 0.15) is 72.6 Å². The van der Waals surface area contributed by atoms with E-state index >= 15 is 0 Å². The quantitative estimate of drug-likeness (QED) is 0.239. The number of ether oxygens (including phenoxy) is 1. The Morgan fingerprint density at radius 3 is 2.73 bits per heavy atom. The molecule has 0 aromatic carbocycles. The number of nitrogens with one attached hydrogen (secondary N) is 1. The van der Waals surface area contributed by atoms with Crippen molar-refractivity contribution in [3.8, 4) is 0 Å². The first-order chi connectivity index (χ1) is 10.3. The number of hydrogen-bond donors (Lipinski definition) is 1. The topological polar surface area (TPSA) is 38.3 Å². The molecular weight excluding hydrogens is 389 g/mol. The average molecular weight is 421 g/mol. The van der Waals surface area contributed by atoms with E-state index in [0.29, 0.717) is 12.0 Å². The van der Waals surface area contributed by atoms with E-state index in [1.165, 1.54) is 36.5 Å². The Labute approximate surface area is 149 Å². The summed E-state index contributed by atoms with van der Waals surface area (Å²) in [4.78, 5) is 11.6. The summed E-state index contributed by atoms with van der Waals surface area (Å²) in [5.41, 5.74) is 1.65. The predicted molar refractivity (Wildman–Crippen MR) is 102 cm³/mol. The molecule has 3 nitrogen and oxygen atoms in total. The van der Waals surface area contributed by atoms with Crippen LogP contribution in [-0.4, -0.2) is 22.7 Å². The molecule has 0 saturated heterocycles. The van der Waals surface area contributed by atoms with Crippen molar-refractivity contribution in [3.05, 3.63) is 11.6 Å². The molecule has 1 aliphatic rings. The predicted octanol–water partition coefficient (Wildman–Crippen LogP) is 5.62. The lowest BCUT2D eigenvalue weighted by Gasteiger charge is -2.32. The van der Waals surface area contributed by atoms with Crippen molar-refractivity contribution in [2.24, 2.45) is 5.41 Å². The van der Waals surface area contributed by atoms with E-state index in [0.717, 1.165) is 12.8 Å². The van der Waals surface area contributed by atoms with Crippen molar-refractivity contribution >= 4 is 28.7 Å². The molecule has 128 valence electrons. The average Bonchev–Trinajstić information content (AvgIpc) is 2.83. The molecule has 0 bridgehead atoms. The van der Waals surface area contributed by atoms with Crippen molar-refractivity contribution in [1.29, 1.82) is 0 Å². The van der Waals surface area contributed by atoms with Gasteiger partial charge >= 0.3 is 6.09 Å². The zero-order valence-corrected chi connectivity index (χ0v) is 16.8.